The van der Waals surface area contributed by atoms with Crippen LogP contribution in [-0.4, -0.2) is 20.4 Å². The minimum atomic E-state index is -0.469. The highest BCUT2D eigenvalue weighted by atomic mass is 16.5. The summed E-state index contributed by atoms with van der Waals surface area (Å²) in [5.41, 5.74) is 2.16. The lowest BCUT2D eigenvalue weighted by molar-refractivity contribution is -0.119. The van der Waals surface area contributed by atoms with E-state index in [0.29, 0.717) is 17.7 Å². The predicted octanol–water partition coefficient (Wildman–Crippen LogP) is 1.32. The highest BCUT2D eigenvalue weighted by Gasteiger charge is 2.10. The van der Waals surface area contributed by atoms with E-state index in [2.05, 4.69) is 10.4 Å². The lowest BCUT2D eigenvalue weighted by Crippen LogP contribution is -2.22. The molecule has 1 amide bonds. The van der Waals surface area contributed by atoms with Crippen LogP contribution >= 0.6 is 0 Å². The van der Waals surface area contributed by atoms with Crippen molar-refractivity contribution in [2.75, 3.05) is 0 Å². The fourth-order valence-electron chi connectivity index (χ4n) is 2.32. The van der Waals surface area contributed by atoms with Gasteiger partial charge in [0, 0.05) is 13.1 Å². The van der Waals surface area contributed by atoms with Gasteiger partial charge in [0.25, 0.3) is 0 Å². The van der Waals surface area contributed by atoms with Gasteiger partial charge in [-0.25, -0.2) is 4.79 Å². The number of carbonyl (C=O) groups excluding carboxylic acids is 1. The molecule has 1 N–H and O–H groups in total. The van der Waals surface area contributed by atoms with Crippen molar-refractivity contribution in [2.45, 2.75) is 20.1 Å². The molecule has 25 heavy (non-hydrogen) atoms. The van der Waals surface area contributed by atoms with Gasteiger partial charge in [-0.05, 0) is 11.1 Å². The Kier molecular flexibility index (Phi) is 4.48. The average Bonchev–Trinajstić information content (AvgIpc) is 3.20. The monoisotopic (exact) mass is 337 g/mol. The molecule has 0 saturated heterocycles. The van der Waals surface area contributed by atoms with Crippen molar-refractivity contribution < 1.29 is 9.32 Å². The zero-order valence-electron chi connectivity index (χ0n) is 13.5. The number of nitrogens with zero attached hydrogens (tertiary/aromatic N) is 4. The molecular weight excluding hydrogens is 322 g/mol. The normalized spacial score (nSPS) is 10.4. The Morgan fingerprint density at radius 1 is 1.32 bits per heavy atom. The van der Waals surface area contributed by atoms with Crippen molar-refractivity contribution in [3.63, 3.8) is 0 Å². The smallest absolute Gasteiger partial charge is 0.336 e. The topological polar surface area (TPSA) is 106 Å². The third kappa shape index (κ3) is 3.84. The van der Waals surface area contributed by atoms with Gasteiger partial charge in [-0.1, -0.05) is 24.3 Å². The van der Waals surface area contributed by atoms with Crippen LogP contribution in [0.4, 0.5) is 0 Å². The highest BCUT2D eigenvalue weighted by Crippen LogP contribution is 2.17. The molecule has 2 heterocycles. The van der Waals surface area contributed by atoms with Gasteiger partial charge in [-0.15, -0.1) is 0 Å². The second kappa shape index (κ2) is 6.88. The number of hydrogen-bond acceptors (Lipinski definition) is 5. The SMILES string of the molecule is CC(=O)NCn1cc(-c2ccc(Cn3cc(C#N)cn3)cc2)c(=O)o1. The molecule has 0 aliphatic heterocycles. The number of aromatic nitrogens is 3. The molecule has 0 spiro atoms. The molecule has 0 aliphatic rings. The molecule has 0 atom stereocenters. The summed E-state index contributed by atoms with van der Waals surface area (Å²) in [5, 5.41) is 15.5. The molecule has 3 aromatic rings. The zero-order chi connectivity index (χ0) is 17.8. The van der Waals surface area contributed by atoms with Crippen molar-refractivity contribution in [3.8, 4) is 17.2 Å². The predicted molar refractivity (Wildman–Crippen MR) is 88.3 cm³/mol. The fraction of sp³-hybridized carbons (Fsp3) is 0.176. The molecule has 0 unspecified atom stereocenters. The minimum absolute atomic E-state index is 0.100. The van der Waals surface area contributed by atoms with Gasteiger partial charge in [0.1, 0.15) is 12.7 Å². The van der Waals surface area contributed by atoms with Crippen LogP contribution in [0.2, 0.25) is 0 Å². The molecule has 0 fully saturated rings. The average molecular weight is 337 g/mol. The molecule has 3 rings (SSSR count). The van der Waals surface area contributed by atoms with E-state index in [-0.39, 0.29) is 12.6 Å². The number of nitrogens with one attached hydrogen (secondary N) is 1. The van der Waals surface area contributed by atoms with Crippen LogP contribution in [0, 0.1) is 11.3 Å². The third-order valence-electron chi connectivity index (χ3n) is 3.55. The number of nitriles is 1. The van der Waals surface area contributed by atoms with Gasteiger partial charge < -0.3 is 9.84 Å². The molecule has 0 saturated carbocycles. The van der Waals surface area contributed by atoms with Gasteiger partial charge in [-0.3, -0.25) is 9.48 Å². The first-order chi connectivity index (χ1) is 12.0. The van der Waals surface area contributed by atoms with E-state index in [1.807, 2.05) is 30.3 Å². The van der Waals surface area contributed by atoms with Crippen LogP contribution in [0.25, 0.3) is 11.1 Å². The van der Waals surface area contributed by atoms with E-state index in [4.69, 9.17) is 9.78 Å². The van der Waals surface area contributed by atoms with Crippen LogP contribution in [-0.2, 0) is 18.0 Å². The fourth-order valence-corrected chi connectivity index (χ4v) is 2.32. The second-order valence-corrected chi connectivity index (χ2v) is 5.46. The second-order valence-electron chi connectivity index (χ2n) is 5.46. The number of carbonyl (C=O) groups is 1. The van der Waals surface area contributed by atoms with Gasteiger partial charge in [-0.2, -0.15) is 15.1 Å². The van der Waals surface area contributed by atoms with Crippen molar-refractivity contribution in [3.05, 3.63) is 64.4 Å². The molecule has 8 heteroatoms. The van der Waals surface area contributed by atoms with E-state index in [1.165, 1.54) is 17.9 Å². The Labute approximate surface area is 142 Å². The van der Waals surface area contributed by atoms with E-state index >= 15 is 0 Å². The van der Waals surface area contributed by atoms with Crippen molar-refractivity contribution >= 4 is 5.91 Å². The maximum absolute atomic E-state index is 12.0. The highest BCUT2D eigenvalue weighted by molar-refractivity contribution is 5.72. The van der Waals surface area contributed by atoms with Crippen molar-refractivity contribution in [2.24, 2.45) is 0 Å². The summed E-state index contributed by atoms with van der Waals surface area (Å²) in [7, 11) is 0. The lowest BCUT2D eigenvalue weighted by atomic mass is 10.1. The van der Waals surface area contributed by atoms with Crippen molar-refractivity contribution in [1.82, 2.24) is 19.8 Å². The summed E-state index contributed by atoms with van der Waals surface area (Å²) in [6.07, 6.45) is 4.74. The molecule has 2 aromatic heterocycles. The quantitative estimate of drug-likeness (QED) is 0.756. The third-order valence-corrected chi connectivity index (χ3v) is 3.55. The molecule has 0 bridgehead atoms. The first-order valence-corrected chi connectivity index (χ1v) is 7.52. The summed E-state index contributed by atoms with van der Waals surface area (Å²) >= 11 is 0. The first-order valence-electron chi connectivity index (χ1n) is 7.52. The Hall–Kier alpha value is -3.60. The van der Waals surface area contributed by atoms with E-state index in [1.54, 1.807) is 17.1 Å². The maximum atomic E-state index is 12.0. The Morgan fingerprint density at radius 3 is 2.72 bits per heavy atom. The van der Waals surface area contributed by atoms with Gasteiger partial charge in [0.2, 0.25) is 5.91 Å². The van der Waals surface area contributed by atoms with Gasteiger partial charge in [0.15, 0.2) is 0 Å². The standard InChI is InChI=1S/C17H15N5O3/c1-12(23)19-11-22-10-16(17(24)25-22)15-4-2-13(3-5-15)8-21-9-14(6-18)7-20-21/h2-5,7,9-10H,8,11H2,1H3,(H,19,23). The summed E-state index contributed by atoms with van der Waals surface area (Å²) in [6.45, 7) is 2.02. The Balaban J connectivity index is 1.75. The summed E-state index contributed by atoms with van der Waals surface area (Å²) in [5.74, 6) is -0.208. The Morgan fingerprint density at radius 2 is 2.08 bits per heavy atom. The van der Waals surface area contributed by atoms with Crippen molar-refractivity contribution in [1.29, 1.82) is 5.26 Å². The van der Waals surface area contributed by atoms with Crippen LogP contribution in [0.5, 0.6) is 0 Å². The molecule has 0 aliphatic carbocycles. The Bertz CT molecular complexity index is 988. The summed E-state index contributed by atoms with van der Waals surface area (Å²) < 4.78 is 8.01. The number of rotatable bonds is 5. The number of amides is 1. The number of benzene rings is 1. The zero-order valence-corrected chi connectivity index (χ0v) is 13.5. The summed E-state index contributed by atoms with van der Waals surface area (Å²) in [4.78, 5) is 22.9. The van der Waals surface area contributed by atoms with E-state index in [0.717, 1.165) is 11.1 Å². The number of hydrogen-bond donors (Lipinski definition) is 1. The summed E-state index contributed by atoms with van der Waals surface area (Å²) in [6, 6.07) is 9.43. The molecule has 8 nitrogen and oxygen atoms in total. The first kappa shape index (κ1) is 16.3. The van der Waals surface area contributed by atoms with Gasteiger partial charge in [0.05, 0.1) is 30.1 Å². The molecule has 126 valence electrons. The van der Waals surface area contributed by atoms with E-state index in [9.17, 15) is 9.59 Å². The lowest BCUT2D eigenvalue weighted by Gasteiger charge is -2.03. The minimum Gasteiger partial charge on any atom is -0.336 e. The largest absolute Gasteiger partial charge is 0.365 e. The van der Waals surface area contributed by atoms with Crippen LogP contribution < -0.4 is 10.9 Å². The van der Waals surface area contributed by atoms with Gasteiger partial charge >= 0.3 is 5.63 Å². The van der Waals surface area contributed by atoms with E-state index < -0.39 is 5.63 Å². The van der Waals surface area contributed by atoms with Crippen LogP contribution in [0.15, 0.2) is 52.2 Å². The van der Waals surface area contributed by atoms with Crippen LogP contribution in [0.1, 0.15) is 18.1 Å². The molecule has 1 aromatic carbocycles. The van der Waals surface area contributed by atoms with Crippen LogP contribution in [0.3, 0.4) is 0 Å². The molecule has 0 radical (unpaired) electrons. The maximum Gasteiger partial charge on any atom is 0.365 e. The molecular formula is C17H15N5O3.